The van der Waals surface area contributed by atoms with Gasteiger partial charge in [-0.15, -0.1) is 0 Å². The Morgan fingerprint density at radius 2 is 2.11 bits per heavy atom. The fourth-order valence-electron chi connectivity index (χ4n) is 2.00. The zero-order valence-corrected chi connectivity index (χ0v) is 9.87. The molecule has 0 amide bonds. The number of hydrogen-bond donors (Lipinski definition) is 0. The molecule has 0 bridgehead atoms. The molecule has 0 aliphatic rings. The summed E-state index contributed by atoms with van der Waals surface area (Å²) in [5.74, 6) is -0.0262. The van der Waals surface area contributed by atoms with E-state index in [1.54, 1.807) is 30.3 Å². The van der Waals surface area contributed by atoms with Gasteiger partial charge in [0.1, 0.15) is 0 Å². The number of pyridine rings is 1. The van der Waals surface area contributed by atoms with Crippen molar-refractivity contribution in [3.8, 4) is 0 Å². The van der Waals surface area contributed by atoms with Crippen LogP contribution >= 0.6 is 0 Å². The molecule has 1 aromatic carbocycles. The van der Waals surface area contributed by atoms with Crippen molar-refractivity contribution in [2.45, 2.75) is 0 Å². The van der Waals surface area contributed by atoms with E-state index >= 15 is 0 Å². The minimum Gasteiger partial charge on any atom is -0.288 e. The van der Waals surface area contributed by atoms with E-state index in [0.717, 1.165) is 10.9 Å². The lowest BCUT2D eigenvalue weighted by Crippen LogP contribution is -2.01. The Hall–Kier alpha value is -2.49. The molecule has 0 radical (unpaired) electrons. The smallest absolute Gasteiger partial charge is 0.196 e. The summed E-state index contributed by atoms with van der Waals surface area (Å²) in [6.45, 7) is 0. The van der Waals surface area contributed by atoms with Crippen molar-refractivity contribution in [3.05, 3.63) is 60.0 Å². The first-order chi connectivity index (χ1) is 8.75. The summed E-state index contributed by atoms with van der Waals surface area (Å²) in [4.78, 5) is 16.6. The van der Waals surface area contributed by atoms with Crippen molar-refractivity contribution in [2.75, 3.05) is 0 Å². The van der Waals surface area contributed by atoms with E-state index in [-0.39, 0.29) is 5.78 Å². The van der Waals surface area contributed by atoms with Crippen LogP contribution < -0.4 is 0 Å². The number of carbonyl (C=O) groups excluding carboxylic acids is 1. The highest BCUT2D eigenvalue weighted by molar-refractivity contribution is 6.15. The molecule has 0 N–H and O–H groups in total. The summed E-state index contributed by atoms with van der Waals surface area (Å²) in [6, 6.07) is 9.31. The van der Waals surface area contributed by atoms with Crippen molar-refractivity contribution in [1.82, 2.24) is 14.8 Å². The molecular formula is C14H11N3O. The number of benzene rings is 1. The molecule has 0 saturated carbocycles. The van der Waals surface area contributed by atoms with Gasteiger partial charge in [0, 0.05) is 30.4 Å². The second-order valence-corrected chi connectivity index (χ2v) is 4.11. The molecule has 2 aromatic heterocycles. The first-order valence-electron chi connectivity index (χ1n) is 5.63. The molecule has 18 heavy (non-hydrogen) atoms. The van der Waals surface area contributed by atoms with E-state index in [1.807, 2.05) is 30.3 Å². The Bertz CT molecular complexity index is 725. The predicted molar refractivity (Wildman–Crippen MR) is 68.4 cm³/mol. The van der Waals surface area contributed by atoms with Crippen LogP contribution in [0.2, 0.25) is 0 Å². The lowest BCUT2D eigenvalue weighted by molar-refractivity contribution is 0.104. The second-order valence-electron chi connectivity index (χ2n) is 4.11. The second kappa shape index (κ2) is 4.07. The van der Waals surface area contributed by atoms with Crippen LogP contribution in [0.1, 0.15) is 15.9 Å². The average molecular weight is 237 g/mol. The van der Waals surface area contributed by atoms with E-state index in [0.29, 0.717) is 11.1 Å². The van der Waals surface area contributed by atoms with Gasteiger partial charge < -0.3 is 0 Å². The Balaban J connectivity index is 2.17. The summed E-state index contributed by atoms with van der Waals surface area (Å²) in [5, 5.41) is 4.89. The third kappa shape index (κ3) is 1.68. The maximum atomic E-state index is 12.4. The number of rotatable bonds is 2. The Morgan fingerprint density at radius 3 is 2.89 bits per heavy atom. The molecule has 0 aliphatic carbocycles. The van der Waals surface area contributed by atoms with E-state index in [4.69, 9.17) is 0 Å². The van der Waals surface area contributed by atoms with E-state index in [2.05, 4.69) is 10.1 Å². The lowest BCUT2D eigenvalue weighted by Gasteiger charge is -2.03. The molecular weight excluding hydrogens is 226 g/mol. The van der Waals surface area contributed by atoms with Gasteiger partial charge in [-0.3, -0.25) is 14.5 Å². The van der Waals surface area contributed by atoms with Crippen LogP contribution in [0.25, 0.3) is 10.9 Å². The highest BCUT2D eigenvalue weighted by atomic mass is 16.1. The molecule has 88 valence electrons. The van der Waals surface area contributed by atoms with Gasteiger partial charge in [0.15, 0.2) is 5.78 Å². The highest BCUT2D eigenvalue weighted by Gasteiger charge is 2.13. The summed E-state index contributed by atoms with van der Waals surface area (Å²) >= 11 is 0. The number of nitrogens with zero attached hydrogens (tertiary/aromatic N) is 3. The standard InChI is InChI=1S/C14H11N3O/c1-17-9-10(8-16-17)14(18)12-4-2-6-13-11(12)5-3-7-15-13/h2-9H,1H3. The molecule has 4 heteroatoms. The maximum Gasteiger partial charge on any atom is 0.196 e. The number of hydrogen-bond acceptors (Lipinski definition) is 3. The van der Waals surface area contributed by atoms with Crippen LogP contribution in [0, 0.1) is 0 Å². The fraction of sp³-hybridized carbons (Fsp3) is 0.0714. The van der Waals surface area contributed by atoms with Crippen molar-refractivity contribution >= 4 is 16.7 Å². The van der Waals surface area contributed by atoms with Crippen molar-refractivity contribution in [3.63, 3.8) is 0 Å². The SMILES string of the molecule is Cn1cc(C(=O)c2cccc3ncccc23)cn1. The zero-order chi connectivity index (χ0) is 12.5. The average Bonchev–Trinajstić information content (AvgIpc) is 2.84. The largest absolute Gasteiger partial charge is 0.288 e. The molecule has 0 fully saturated rings. The number of aryl methyl sites for hydroxylation is 1. The van der Waals surface area contributed by atoms with Crippen molar-refractivity contribution in [1.29, 1.82) is 0 Å². The number of ketones is 1. The third-order valence-electron chi connectivity index (χ3n) is 2.86. The zero-order valence-electron chi connectivity index (χ0n) is 9.87. The van der Waals surface area contributed by atoms with Crippen LogP contribution in [-0.4, -0.2) is 20.5 Å². The van der Waals surface area contributed by atoms with Crippen LogP contribution in [0.4, 0.5) is 0 Å². The first kappa shape index (κ1) is 10.7. The molecule has 0 spiro atoms. The lowest BCUT2D eigenvalue weighted by atomic mass is 10.0. The van der Waals surface area contributed by atoms with Crippen LogP contribution in [0.5, 0.6) is 0 Å². The molecule has 3 aromatic rings. The monoisotopic (exact) mass is 237 g/mol. The minimum atomic E-state index is -0.0262. The van der Waals surface area contributed by atoms with Crippen LogP contribution in [0.15, 0.2) is 48.9 Å². The van der Waals surface area contributed by atoms with Gasteiger partial charge in [0.2, 0.25) is 0 Å². The van der Waals surface area contributed by atoms with Gasteiger partial charge in [-0.1, -0.05) is 18.2 Å². The highest BCUT2D eigenvalue weighted by Crippen LogP contribution is 2.19. The number of fused-ring (bicyclic) bond motifs is 1. The van der Waals surface area contributed by atoms with Gasteiger partial charge >= 0.3 is 0 Å². The topological polar surface area (TPSA) is 47.8 Å². The summed E-state index contributed by atoms with van der Waals surface area (Å²) < 4.78 is 1.62. The molecule has 0 aliphatic heterocycles. The molecule has 0 unspecified atom stereocenters. The molecule has 0 atom stereocenters. The van der Waals surface area contributed by atoms with E-state index in [1.165, 1.54) is 0 Å². The predicted octanol–water partition coefficient (Wildman–Crippen LogP) is 2.20. The number of aromatic nitrogens is 3. The fourth-order valence-corrected chi connectivity index (χ4v) is 2.00. The summed E-state index contributed by atoms with van der Waals surface area (Å²) in [7, 11) is 1.79. The maximum absolute atomic E-state index is 12.4. The van der Waals surface area contributed by atoms with Crippen molar-refractivity contribution < 1.29 is 4.79 Å². The summed E-state index contributed by atoms with van der Waals surface area (Å²) in [5.41, 5.74) is 2.08. The van der Waals surface area contributed by atoms with Gasteiger partial charge in [-0.2, -0.15) is 5.10 Å². The quantitative estimate of drug-likeness (QED) is 0.642. The van der Waals surface area contributed by atoms with Gasteiger partial charge in [0.25, 0.3) is 0 Å². The number of carbonyl (C=O) groups is 1. The Labute approximate surface area is 104 Å². The van der Waals surface area contributed by atoms with Crippen LogP contribution in [-0.2, 0) is 7.05 Å². The van der Waals surface area contributed by atoms with Gasteiger partial charge in [-0.25, -0.2) is 0 Å². The van der Waals surface area contributed by atoms with E-state index < -0.39 is 0 Å². The molecule has 3 rings (SSSR count). The summed E-state index contributed by atoms with van der Waals surface area (Å²) in [6.07, 6.45) is 5.02. The minimum absolute atomic E-state index is 0.0262. The Morgan fingerprint density at radius 1 is 1.22 bits per heavy atom. The molecule has 2 heterocycles. The Kier molecular flexibility index (Phi) is 2.41. The van der Waals surface area contributed by atoms with Crippen LogP contribution in [0.3, 0.4) is 0 Å². The van der Waals surface area contributed by atoms with Gasteiger partial charge in [-0.05, 0) is 12.1 Å². The molecule has 0 saturated heterocycles. The van der Waals surface area contributed by atoms with Gasteiger partial charge in [0.05, 0.1) is 17.3 Å². The van der Waals surface area contributed by atoms with E-state index in [9.17, 15) is 4.79 Å². The normalized spacial score (nSPS) is 10.7. The molecule has 4 nitrogen and oxygen atoms in total. The third-order valence-corrected chi connectivity index (χ3v) is 2.86. The van der Waals surface area contributed by atoms with Crippen molar-refractivity contribution in [2.24, 2.45) is 7.05 Å². The first-order valence-corrected chi connectivity index (χ1v) is 5.63.